The fourth-order valence-electron chi connectivity index (χ4n) is 2.14. The molecule has 0 spiro atoms. The van der Waals surface area contributed by atoms with Crippen molar-refractivity contribution in [2.24, 2.45) is 0 Å². The summed E-state index contributed by atoms with van der Waals surface area (Å²) in [6.45, 7) is 1.89. The van der Waals surface area contributed by atoms with E-state index in [2.05, 4.69) is 0 Å². The van der Waals surface area contributed by atoms with Gasteiger partial charge in [-0.2, -0.15) is 0 Å². The van der Waals surface area contributed by atoms with Crippen molar-refractivity contribution in [2.75, 3.05) is 21.3 Å². The van der Waals surface area contributed by atoms with Crippen molar-refractivity contribution in [3.63, 3.8) is 0 Å². The van der Waals surface area contributed by atoms with E-state index in [0.29, 0.717) is 27.8 Å². The Labute approximate surface area is 139 Å². The third kappa shape index (κ3) is 3.90. The third-order valence-corrected chi connectivity index (χ3v) is 4.59. The SMILES string of the molecule is COc1ccc(CN(C)C(=O)c2ccc(C(C)=O)s2)c(OC)c1. The smallest absolute Gasteiger partial charge is 0.263 e. The van der Waals surface area contributed by atoms with Crippen LogP contribution in [0.3, 0.4) is 0 Å². The summed E-state index contributed by atoms with van der Waals surface area (Å²) in [5.74, 6) is 1.21. The number of amides is 1. The Morgan fingerprint density at radius 3 is 2.35 bits per heavy atom. The molecule has 0 saturated carbocycles. The average molecular weight is 333 g/mol. The maximum Gasteiger partial charge on any atom is 0.263 e. The number of thiophene rings is 1. The molecule has 0 radical (unpaired) electrons. The van der Waals surface area contributed by atoms with Gasteiger partial charge < -0.3 is 14.4 Å². The Balaban J connectivity index is 2.15. The van der Waals surface area contributed by atoms with Crippen LogP contribution in [0, 0.1) is 0 Å². The summed E-state index contributed by atoms with van der Waals surface area (Å²) < 4.78 is 10.5. The topological polar surface area (TPSA) is 55.8 Å². The van der Waals surface area contributed by atoms with E-state index in [0.717, 1.165) is 5.56 Å². The summed E-state index contributed by atoms with van der Waals surface area (Å²) in [5.41, 5.74) is 0.882. The van der Waals surface area contributed by atoms with E-state index in [9.17, 15) is 9.59 Å². The summed E-state index contributed by atoms with van der Waals surface area (Å²) in [7, 11) is 4.89. The normalized spacial score (nSPS) is 10.3. The minimum atomic E-state index is -0.125. The zero-order valence-electron chi connectivity index (χ0n) is 13.6. The minimum absolute atomic E-state index is 0.0338. The van der Waals surface area contributed by atoms with Gasteiger partial charge in [0.2, 0.25) is 0 Å². The molecule has 0 atom stereocenters. The number of rotatable bonds is 6. The predicted octanol–water partition coefficient (Wildman–Crippen LogP) is 3.24. The molecular formula is C17H19NO4S. The van der Waals surface area contributed by atoms with Gasteiger partial charge in [0.25, 0.3) is 5.91 Å². The molecule has 1 amide bonds. The number of hydrogen-bond acceptors (Lipinski definition) is 5. The van der Waals surface area contributed by atoms with Crippen LogP contribution in [0.5, 0.6) is 11.5 Å². The Hall–Kier alpha value is -2.34. The highest BCUT2D eigenvalue weighted by molar-refractivity contribution is 7.15. The minimum Gasteiger partial charge on any atom is -0.497 e. The molecule has 6 heteroatoms. The lowest BCUT2D eigenvalue weighted by molar-refractivity contribution is 0.0789. The van der Waals surface area contributed by atoms with Gasteiger partial charge in [0, 0.05) is 25.2 Å². The first-order valence-corrected chi connectivity index (χ1v) is 7.85. The fraction of sp³-hybridized carbons (Fsp3) is 0.294. The molecular weight excluding hydrogens is 314 g/mol. The lowest BCUT2D eigenvalue weighted by Crippen LogP contribution is -2.25. The maximum absolute atomic E-state index is 12.5. The first kappa shape index (κ1) is 17.0. The summed E-state index contributed by atoms with van der Waals surface area (Å²) >= 11 is 1.21. The summed E-state index contributed by atoms with van der Waals surface area (Å²) in [5, 5.41) is 0. The Morgan fingerprint density at radius 1 is 1.09 bits per heavy atom. The number of carbonyl (C=O) groups excluding carboxylic acids is 2. The van der Waals surface area contributed by atoms with Gasteiger partial charge in [0.05, 0.1) is 24.0 Å². The highest BCUT2D eigenvalue weighted by atomic mass is 32.1. The van der Waals surface area contributed by atoms with E-state index in [1.807, 2.05) is 12.1 Å². The number of nitrogens with zero attached hydrogens (tertiary/aromatic N) is 1. The van der Waals surface area contributed by atoms with Crippen LogP contribution >= 0.6 is 11.3 Å². The molecule has 1 heterocycles. The van der Waals surface area contributed by atoms with Crippen LogP contribution in [0.1, 0.15) is 31.8 Å². The number of carbonyl (C=O) groups is 2. The number of hydrogen-bond donors (Lipinski definition) is 0. The number of ketones is 1. The molecule has 0 aliphatic rings. The Bertz CT molecular complexity index is 723. The van der Waals surface area contributed by atoms with E-state index in [-0.39, 0.29) is 11.7 Å². The lowest BCUT2D eigenvalue weighted by Gasteiger charge is -2.18. The van der Waals surface area contributed by atoms with Crippen LogP contribution in [-0.4, -0.2) is 37.9 Å². The van der Waals surface area contributed by atoms with Crippen molar-refractivity contribution >= 4 is 23.0 Å². The summed E-state index contributed by atoms with van der Waals surface area (Å²) in [6, 6.07) is 8.85. The van der Waals surface area contributed by atoms with Crippen molar-refractivity contribution < 1.29 is 19.1 Å². The van der Waals surface area contributed by atoms with E-state index in [1.165, 1.54) is 18.3 Å². The quantitative estimate of drug-likeness (QED) is 0.762. The molecule has 0 saturated heterocycles. The summed E-state index contributed by atoms with van der Waals surface area (Å²) in [6.07, 6.45) is 0. The monoisotopic (exact) mass is 333 g/mol. The molecule has 0 aliphatic carbocycles. The molecule has 5 nitrogen and oxygen atoms in total. The molecule has 2 aromatic rings. The number of methoxy groups -OCH3 is 2. The molecule has 1 aromatic carbocycles. The van der Waals surface area contributed by atoms with E-state index >= 15 is 0 Å². The number of Topliss-reactive ketones (excluding diaryl/α,β-unsaturated/α-hetero) is 1. The van der Waals surface area contributed by atoms with Gasteiger partial charge in [0.15, 0.2) is 5.78 Å². The molecule has 0 N–H and O–H groups in total. The largest absolute Gasteiger partial charge is 0.497 e. The average Bonchev–Trinajstić information content (AvgIpc) is 3.04. The molecule has 2 rings (SSSR count). The summed E-state index contributed by atoms with van der Waals surface area (Å²) in [4.78, 5) is 26.5. The fourth-order valence-corrected chi connectivity index (χ4v) is 3.04. The van der Waals surface area contributed by atoms with Gasteiger partial charge in [-0.15, -0.1) is 11.3 Å². The van der Waals surface area contributed by atoms with Crippen molar-refractivity contribution in [2.45, 2.75) is 13.5 Å². The molecule has 0 bridgehead atoms. The van der Waals surface area contributed by atoms with Crippen molar-refractivity contribution in [3.8, 4) is 11.5 Å². The second-order valence-electron chi connectivity index (χ2n) is 5.06. The Morgan fingerprint density at radius 2 is 1.78 bits per heavy atom. The van der Waals surface area contributed by atoms with Crippen LogP contribution in [-0.2, 0) is 6.54 Å². The standard InChI is InChI=1S/C17H19NO4S/c1-11(19)15-7-8-16(23-15)17(20)18(2)10-12-5-6-13(21-3)9-14(12)22-4/h5-9H,10H2,1-4H3. The molecule has 122 valence electrons. The van der Waals surface area contributed by atoms with E-state index in [4.69, 9.17) is 9.47 Å². The van der Waals surface area contributed by atoms with Crippen LogP contribution in [0.15, 0.2) is 30.3 Å². The van der Waals surface area contributed by atoms with Crippen molar-refractivity contribution in [3.05, 3.63) is 45.6 Å². The van der Waals surface area contributed by atoms with Crippen LogP contribution in [0.2, 0.25) is 0 Å². The third-order valence-electron chi connectivity index (χ3n) is 3.41. The molecule has 0 aliphatic heterocycles. The number of benzene rings is 1. The lowest BCUT2D eigenvalue weighted by atomic mass is 10.1. The van der Waals surface area contributed by atoms with Gasteiger partial charge in [0.1, 0.15) is 11.5 Å². The Kier molecular flexibility index (Phi) is 5.39. The number of ether oxygens (including phenoxy) is 2. The molecule has 1 aromatic heterocycles. The predicted molar refractivity (Wildman–Crippen MR) is 89.7 cm³/mol. The molecule has 0 unspecified atom stereocenters. The van der Waals surface area contributed by atoms with Gasteiger partial charge in [-0.1, -0.05) is 0 Å². The first-order chi connectivity index (χ1) is 11.0. The van der Waals surface area contributed by atoms with Crippen molar-refractivity contribution in [1.29, 1.82) is 0 Å². The van der Waals surface area contributed by atoms with Crippen LogP contribution in [0.4, 0.5) is 0 Å². The first-order valence-electron chi connectivity index (χ1n) is 7.03. The van der Waals surface area contributed by atoms with Crippen molar-refractivity contribution in [1.82, 2.24) is 4.90 Å². The van der Waals surface area contributed by atoms with Gasteiger partial charge in [-0.25, -0.2) is 0 Å². The van der Waals surface area contributed by atoms with E-state index in [1.54, 1.807) is 44.4 Å². The van der Waals surface area contributed by atoms with Crippen LogP contribution in [0.25, 0.3) is 0 Å². The molecule has 23 heavy (non-hydrogen) atoms. The van der Waals surface area contributed by atoms with Gasteiger partial charge >= 0.3 is 0 Å². The van der Waals surface area contributed by atoms with Crippen LogP contribution < -0.4 is 9.47 Å². The second kappa shape index (κ2) is 7.28. The van der Waals surface area contributed by atoms with Gasteiger partial charge in [-0.3, -0.25) is 9.59 Å². The highest BCUT2D eigenvalue weighted by Gasteiger charge is 2.17. The van der Waals surface area contributed by atoms with Gasteiger partial charge in [-0.05, 0) is 31.2 Å². The zero-order chi connectivity index (χ0) is 17.0. The highest BCUT2D eigenvalue weighted by Crippen LogP contribution is 2.26. The zero-order valence-corrected chi connectivity index (χ0v) is 14.4. The molecule has 0 fully saturated rings. The second-order valence-corrected chi connectivity index (χ2v) is 6.14. The van der Waals surface area contributed by atoms with E-state index < -0.39 is 0 Å². The maximum atomic E-state index is 12.5.